The Morgan fingerprint density at radius 2 is 2.46 bits per heavy atom. The Balaban J connectivity index is 2.66. The second-order valence-electron chi connectivity index (χ2n) is 2.40. The topological polar surface area (TPSA) is 78.0 Å². The Hall–Kier alpha value is -1.07. The summed E-state index contributed by atoms with van der Waals surface area (Å²) in [5, 5.41) is 11.4. The zero-order valence-corrected chi connectivity index (χ0v) is 7.64. The fraction of sp³-hybridized carbons (Fsp3) is 0.429. The average Bonchev–Trinajstić information content (AvgIpc) is 2.13. The van der Waals surface area contributed by atoms with Crippen LogP contribution >= 0.6 is 11.6 Å². The molecule has 1 heterocycles. The zero-order chi connectivity index (χ0) is 9.68. The first-order valence-corrected chi connectivity index (χ1v) is 4.21. The number of aromatic amines is 1. The number of aromatic nitrogens is 2. The smallest absolute Gasteiger partial charge is 0.271 e. The fourth-order valence-electron chi connectivity index (χ4n) is 0.792. The number of anilines is 1. The van der Waals surface area contributed by atoms with Crippen LogP contribution in [0.3, 0.4) is 0 Å². The summed E-state index contributed by atoms with van der Waals surface area (Å²) in [4.78, 5) is 17.1. The van der Waals surface area contributed by atoms with Crippen molar-refractivity contribution in [1.82, 2.24) is 9.97 Å². The van der Waals surface area contributed by atoms with Crippen molar-refractivity contribution < 1.29 is 5.11 Å². The molecule has 0 bridgehead atoms. The molecule has 1 rings (SSSR count). The van der Waals surface area contributed by atoms with Gasteiger partial charge >= 0.3 is 0 Å². The third-order valence-electron chi connectivity index (χ3n) is 1.42. The molecule has 0 aliphatic rings. The molecule has 0 unspecified atom stereocenters. The van der Waals surface area contributed by atoms with Crippen LogP contribution in [-0.4, -0.2) is 28.2 Å². The van der Waals surface area contributed by atoms with E-state index in [1.807, 2.05) is 0 Å². The summed E-state index contributed by atoms with van der Waals surface area (Å²) >= 11 is 5.64. The predicted octanol–water partition coefficient (Wildman–Crippen LogP) is 0.218. The molecule has 0 saturated carbocycles. The van der Waals surface area contributed by atoms with Gasteiger partial charge in [0.1, 0.15) is 5.02 Å². The molecule has 0 atom stereocenters. The highest BCUT2D eigenvalue weighted by molar-refractivity contribution is 6.32. The molecule has 0 aliphatic carbocycles. The minimum absolute atomic E-state index is 0.0421. The van der Waals surface area contributed by atoms with E-state index in [4.69, 9.17) is 16.7 Å². The lowest BCUT2D eigenvalue weighted by molar-refractivity contribution is 0.292. The minimum Gasteiger partial charge on any atom is -0.396 e. The largest absolute Gasteiger partial charge is 0.396 e. The number of hydrogen-bond donors (Lipinski definition) is 3. The van der Waals surface area contributed by atoms with Crippen molar-refractivity contribution in [3.63, 3.8) is 0 Å². The highest BCUT2D eigenvalue weighted by atomic mass is 35.5. The minimum atomic E-state index is -0.372. The van der Waals surface area contributed by atoms with Crippen molar-refractivity contribution in [3.05, 3.63) is 21.7 Å². The van der Waals surface area contributed by atoms with Gasteiger partial charge in [-0.2, -0.15) is 0 Å². The normalized spacial score (nSPS) is 10.0. The van der Waals surface area contributed by atoms with Crippen LogP contribution in [0.15, 0.2) is 11.1 Å². The monoisotopic (exact) mass is 203 g/mol. The summed E-state index contributed by atoms with van der Waals surface area (Å²) < 4.78 is 0. The van der Waals surface area contributed by atoms with Gasteiger partial charge in [0.05, 0.1) is 6.33 Å². The van der Waals surface area contributed by atoms with Gasteiger partial charge in [-0.25, -0.2) is 4.98 Å². The molecule has 13 heavy (non-hydrogen) atoms. The van der Waals surface area contributed by atoms with Crippen LogP contribution in [0.1, 0.15) is 6.42 Å². The van der Waals surface area contributed by atoms with Gasteiger partial charge in [0.25, 0.3) is 5.56 Å². The molecule has 0 fully saturated rings. The maximum atomic E-state index is 11.0. The van der Waals surface area contributed by atoms with Crippen molar-refractivity contribution in [2.75, 3.05) is 18.5 Å². The lowest BCUT2D eigenvalue weighted by Crippen LogP contribution is -2.12. The number of rotatable bonds is 4. The van der Waals surface area contributed by atoms with E-state index in [0.29, 0.717) is 18.8 Å². The van der Waals surface area contributed by atoms with E-state index in [-0.39, 0.29) is 17.2 Å². The van der Waals surface area contributed by atoms with E-state index in [1.54, 1.807) is 0 Å². The van der Waals surface area contributed by atoms with Crippen LogP contribution in [0.5, 0.6) is 0 Å². The number of H-pyrrole nitrogens is 1. The average molecular weight is 204 g/mol. The first-order chi connectivity index (χ1) is 6.25. The number of nitrogens with one attached hydrogen (secondary N) is 2. The van der Waals surface area contributed by atoms with Crippen LogP contribution in [-0.2, 0) is 0 Å². The molecule has 1 aromatic heterocycles. The third-order valence-corrected chi connectivity index (χ3v) is 1.77. The molecule has 1 aromatic rings. The van der Waals surface area contributed by atoms with Gasteiger partial charge in [-0.1, -0.05) is 11.6 Å². The zero-order valence-electron chi connectivity index (χ0n) is 6.88. The molecule has 5 nitrogen and oxygen atoms in total. The van der Waals surface area contributed by atoms with Crippen LogP contribution in [0.4, 0.5) is 5.82 Å². The van der Waals surface area contributed by atoms with Gasteiger partial charge in [-0.15, -0.1) is 0 Å². The van der Waals surface area contributed by atoms with E-state index in [9.17, 15) is 4.79 Å². The maximum Gasteiger partial charge on any atom is 0.271 e. The highest BCUT2D eigenvalue weighted by Gasteiger charge is 2.03. The van der Waals surface area contributed by atoms with Gasteiger partial charge in [-0.05, 0) is 6.42 Å². The molecule has 3 N–H and O–H groups in total. The Morgan fingerprint density at radius 1 is 1.69 bits per heavy atom. The predicted molar refractivity (Wildman–Crippen MR) is 50.1 cm³/mol. The van der Waals surface area contributed by atoms with Gasteiger partial charge < -0.3 is 15.4 Å². The second-order valence-corrected chi connectivity index (χ2v) is 2.78. The highest BCUT2D eigenvalue weighted by Crippen LogP contribution is 2.11. The summed E-state index contributed by atoms with van der Waals surface area (Å²) in [6, 6.07) is 0. The fourth-order valence-corrected chi connectivity index (χ4v) is 0.962. The molecular weight excluding hydrogens is 194 g/mol. The molecule has 6 heteroatoms. The Kier molecular flexibility index (Phi) is 3.72. The Morgan fingerprint density at radius 3 is 3.15 bits per heavy atom. The Labute approximate surface area is 79.8 Å². The van der Waals surface area contributed by atoms with E-state index in [0.717, 1.165) is 0 Å². The second kappa shape index (κ2) is 4.84. The summed E-state index contributed by atoms with van der Waals surface area (Å²) in [5.74, 6) is 0.346. The van der Waals surface area contributed by atoms with Crippen molar-refractivity contribution in [1.29, 1.82) is 0 Å². The van der Waals surface area contributed by atoms with Gasteiger partial charge in [0.15, 0.2) is 5.82 Å². The van der Waals surface area contributed by atoms with E-state index in [2.05, 4.69) is 15.3 Å². The number of nitrogens with zero attached hydrogens (tertiary/aromatic N) is 1. The third kappa shape index (κ3) is 2.71. The summed E-state index contributed by atoms with van der Waals surface area (Å²) in [5.41, 5.74) is -0.372. The molecule has 0 spiro atoms. The van der Waals surface area contributed by atoms with Crippen molar-refractivity contribution in [2.24, 2.45) is 0 Å². The number of hydrogen-bond acceptors (Lipinski definition) is 4. The van der Waals surface area contributed by atoms with E-state index in [1.165, 1.54) is 6.33 Å². The van der Waals surface area contributed by atoms with Gasteiger partial charge in [-0.3, -0.25) is 4.79 Å². The van der Waals surface area contributed by atoms with Crippen molar-refractivity contribution >= 4 is 17.4 Å². The summed E-state index contributed by atoms with van der Waals surface area (Å²) in [7, 11) is 0. The summed E-state index contributed by atoms with van der Waals surface area (Å²) in [6.45, 7) is 0.625. The van der Waals surface area contributed by atoms with Gasteiger partial charge in [0.2, 0.25) is 0 Å². The first-order valence-electron chi connectivity index (χ1n) is 3.83. The lowest BCUT2D eigenvalue weighted by atomic mass is 10.4. The number of aliphatic hydroxyl groups excluding tert-OH is 1. The lowest BCUT2D eigenvalue weighted by Gasteiger charge is -2.04. The number of halogens is 1. The van der Waals surface area contributed by atoms with E-state index >= 15 is 0 Å². The maximum absolute atomic E-state index is 11.0. The van der Waals surface area contributed by atoms with Crippen molar-refractivity contribution in [3.8, 4) is 0 Å². The quantitative estimate of drug-likeness (QED) is 0.612. The van der Waals surface area contributed by atoms with Crippen LogP contribution < -0.4 is 10.9 Å². The SMILES string of the molecule is O=c1[nH]cnc(NCCCO)c1Cl. The van der Waals surface area contributed by atoms with Crippen LogP contribution in [0.25, 0.3) is 0 Å². The molecule has 0 aliphatic heterocycles. The Bertz CT molecular complexity index is 326. The molecule has 0 saturated heterocycles. The molecule has 0 radical (unpaired) electrons. The standard InChI is InChI=1S/C7H10ClN3O2/c8-5-6(9-2-1-3-12)10-4-11-7(5)13/h4,12H,1-3H2,(H2,9,10,11,13). The van der Waals surface area contributed by atoms with Crippen LogP contribution in [0, 0.1) is 0 Å². The van der Waals surface area contributed by atoms with Gasteiger partial charge in [0, 0.05) is 13.2 Å². The molecule has 0 aromatic carbocycles. The van der Waals surface area contributed by atoms with E-state index < -0.39 is 0 Å². The molecule has 0 amide bonds. The van der Waals surface area contributed by atoms with Crippen LogP contribution in [0.2, 0.25) is 5.02 Å². The van der Waals surface area contributed by atoms with Crippen molar-refractivity contribution in [2.45, 2.75) is 6.42 Å². The summed E-state index contributed by atoms with van der Waals surface area (Å²) in [6.07, 6.45) is 1.86. The molecule has 72 valence electrons. The first kappa shape index (κ1) is 10.0. The molecular formula is C7H10ClN3O2. The number of aliphatic hydroxyl groups is 1.